The molecule has 3 amide bonds. The summed E-state index contributed by atoms with van der Waals surface area (Å²) >= 11 is 0. The van der Waals surface area contributed by atoms with Crippen LogP contribution in [0.25, 0.3) is 0 Å². The van der Waals surface area contributed by atoms with Gasteiger partial charge < -0.3 is 10.2 Å². The lowest BCUT2D eigenvalue weighted by Gasteiger charge is -2.30. The van der Waals surface area contributed by atoms with Crippen LogP contribution < -0.4 is 10.6 Å². The fraction of sp³-hybridized carbons (Fsp3) is 0.333. The van der Waals surface area contributed by atoms with E-state index >= 15 is 0 Å². The molecule has 0 radical (unpaired) electrons. The second-order valence-electron chi connectivity index (χ2n) is 5.05. The van der Waals surface area contributed by atoms with E-state index in [1.807, 2.05) is 0 Å². The molecule has 0 saturated carbocycles. The van der Waals surface area contributed by atoms with Gasteiger partial charge in [0.25, 0.3) is 5.91 Å². The summed E-state index contributed by atoms with van der Waals surface area (Å²) in [6, 6.07) is 4.07. The zero-order valence-corrected chi connectivity index (χ0v) is 12.4. The SMILES string of the molecule is CNc1ccc(C(=O)N(C)C2CCC(=O)NC2=O)c(C=O)c1. The Morgan fingerprint density at radius 3 is 2.73 bits per heavy atom. The van der Waals surface area contributed by atoms with Crippen molar-refractivity contribution in [3.63, 3.8) is 0 Å². The molecule has 22 heavy (non-hydrogen) atoms. The number of piperidine rings is 1. The predicted molar refractivity (Wildman–Crippen MR) is 79.6 cm³/mol. The van der Waals surface area contributed by atoms with Crippen molar-refractivity contribution in [1.29, 1.82) is 0 Å². The monoisotopic (exact) mass is 303 g/mol. The van der Waals surface area contributed by atoms with E-state index in [9.17, 15) is 19.2 Å². The summed E-state index contributed by atoms with van der Waals surface area (Å²) in [5.41, 5.74) is 1.18. The van der Waals surface area contributed by atoms with Gasteiger partial charge in [0.15, 0.2) is 6.29 Å². The minimum Gasteiger partial charge on any atom is -0.388 e. The molecule has 1 aliphatic rings. The fourth-order valence-electron chi connectivity index (χ4n) is 2.39. The van der Waals surface area contributed by atoms with Crippen molar-refractivity contribution in [2.45, 2.75) is 18.9 Å². The van der Waals surface area contributed by atoms with Crippen LogP contribution in [0, 0.1) is 0 Å². The molecule has 0 aromatic heterocycles. The zero-order chi connectivity index (χ0) is 16.3. The number of anilines is 1. The molecular formula is C15H17N3O4. The quantitative estimate of drug-likeness (QED) is 0.621. The Labute approximate surface area is 127 Å². The van der Waals surface area contributed by atoms with Crippen LogP contribution >= 0.6 is 0 Å². The van der Waals surface area contributed by atoms with Crippen molar-refractivity contribution in [2.24, 2.45) is 0 Å². The molecule has 1 aliphatic heterocycles. The molecule has 1 saturated heterocycles. The van der Waals surface area contributed by atoms with Crippen molar-refractivity contribution in [1.82, 2.24) is 10.2 Å². The maximum Gasteiger partial charge on any atom is 0.255 e. The average molecular weight is 303 g/mol. The first-order chi connectivity index (χ1) is 10.5. The molecule has 1 fully saturated rings. The normalized spacial score (nSPS) is 17.6. The minimum absolute atomic E-state index is 0.188. The number of nitrogens with zero attached hydrogens (tertiary/aromatic N) is 1. The largest absolute Gasteiger partial charge is 0.388 e. The smallest absolute Gasteiger partial charge is 0.255 e. The van der Waals surface area contributed by atoms with Gasteiger partial charge in [-0.05, 0) is 24.6 Å². The van der Waals surface area contributed by atoms with Crippen LogP contribution in [0.4, 0.5) is 5.69 Å². The summed E-state index contributed by atoms with van der Waals surface area (Å²) in [5, 5.41) is 5.10. The highest BCUT2D eigenvalue weighted by atomic mass is 16.2. The van der Waals surface area contributed by atoms with E-state index in [-0.39, 0.29) is 29.9 Å². The van der Waals surface area contributed by atoms with E-state index in [2.05, 4.69) is 10.6 Å². The van der Waals surface area contributed by atoms with Crippen molar-refractivity contribution >= 4 is 29.7 Å². The number of carbonyl (C=O) groups is 4. The van der Waals surface area contributed by atoms with Gasteiger partial charge in [0.1, 0.15) is 6.04 Å². The second kappa shape index (κ2) is 6.38. The van der Waals surface area contributed by atoms with E-state index in [1.54, 1.807) is 25.2 Å². The van der Waals surface area contributed by atoms with Gasteiger partial charge in [-0.3, -0.25) is 24.5 Å². The van der Waals surface area contributed by atoms with Gasteiger partial charge in [0, 0.05) is 31.8 Å². The first-order valence-corrected chi connectivity index (χ1v) is 6.85. The van der Waals surface area contributed by atoms with Gasteiger partial charge in [-0.1, -0.05) is 0 Å². The Morgan fingerprint density at radius 1 is 1.41 bits per heavy atom. The highest BCUT2D eigenvalue weighted by Gasteiger charge is 2.33. The van der Waals surface area contributed by atoms with Crippen molar-refractivity contribution < 1.29 is 19.2 Å². The molecule has 0 bridgehead atoms. The van der Waals surface area contributed by atoms with Crippen molar-refractivity contribution in [3.05, 3.63) is 29.3 Å². The number of imide groups is 1. The number of amides is 3. The third-order valence-corrected chi connectivity index (χ3v) is 3.70. The lowest BCUT2D eigenvalue weighted by Crippen LogP contribution is -2.53. The summed E-state index contributed by atoms with van der Waals surface area (Å²) in [6.07, 6.45) is 1.07. The number of rotatable bonds is 4. The first kappa shape index (κ1) is 15.7. The molecule has 7 nitrogen and oxygen atoms in total. The third kappa shape index (κ3) is 2.98. The molecule has 1 aromatic carbocycles. The van der Waals surface area contributed by atoms with Gasteiger partial charge in [-0.25, -0.2) is 0 Å². The number of nitrogens with one attached hydrogen (secondary N) is 2. The Morgan fingerprint density at radius 2 is 2.14 bits per heavy atom. The average Bonchev–Trinajstić information content (AvgIpc) is 2.53. The molecular weight excluding hydrogens is 286 g/mol. The van der Waals surface area contributed by atoms with Crippen LogP contribution in [0.3, 0.4) is 0 Å². The maximum absolute atomic E-state index is 12.5. The van der Waals surface area contributed by atoms with Crippen LogP contribution in [0.5, 0.6) is 0 Å². The number of carbonyl (C=O) groups excluding carboxylic acids is 4. The highest BCUT2D eigenvalue weighted by Crippen LogP contribution is 2.19. The van der Waals surface area contributed by atoms with Gasteiger partial charge in [0.2, 0.25) is 11.8 Å². The molecule has 1 aromatic rings. The Hall–Kier alpha value is -2.70. The van der Waals surface area contributed by atoms with E-state index in [4.69, 9.17) is 0 Å². The molecule has 2 rings (SSSR count). The van der Waals surface area contributed by atoms with Gasteiger partial charge >= 0.3 is 0 Å². The minimum atomic E-state index is -0.714. The number of benzene rings is 1. The van der Waals surface area contributed by atoms with Crippen LogP contribution in [-0.2, 0) is 9.59 Å². The second-order valence-corrected chi connectivity index (χ2v) is 5.05. The molecule has 0 spiro atoms. The lowest BCUT2D eigenvalue weighted by molar-refractivity contribution is -0.136. The summed E-state index contributed by atoms with van der Waals surface area (Å²) in [7, 11) is 3.20. The Balaban J connectivity index is 2.25. The third-order valence-electron chi connectivity index (χ3n) is 3.70. The summed E-state index contributed by atoms with van der Waals surface area (Å²) in [6.45, 7) is 0. The van der Waals surface area contributed by atoms with Crippen LogP contribution in [0.15, 0.2) is 18.2 Å². The fourth-order valence-corrected chi connectivity index (χ4v) is 2.39. The van der Waals surface area contributed by atoms with Crippen LogP contribution in [0.2, 0.25) is 0 Å². The maximum atomic E-state index is 12.5. The highest BCUT2D eigenvalue weighted by molar-refractivity contribution is 6.06. The number of likely N-dealkylation sites (N-methyl/N-ethyl adjacent to an activating group) is 1. The number of aldehydes is 1. The van der Waals surface area contributed by atoms with Crippen LogP contribution in [-0.4, -0.2) is 49.0 Å². The predicted octanol–water partition coefficient (Wildman–Crippen LogP) is 0.418. The number of hydrogen-bond donors (Lipinski definition) is 2. The van der Waals surface area contributed by atoms with E-state index in [1.165, 1.54) is 11.9 Å². The van der Waals surface area contributed by atoms with Crippen molar-refractivity contribution in [3.8, 4) is 0 Å². The molecule has 1 unspecified atom stereocenters. The standard InChI is InChI=1S/C15H17N3O4/c1-16-10-3-4-11(9(7-10)8-19)15(22)18(2)12-5-6-13(20)17-14(12)21/h3-4,7-8,12,16H,5-6H2,1-2H3,(H,17,20,21). The Bertz CT molecular complexity index is 642. The zero-order valence-electron chi connectivity index (χ0n) is 12.4. The van der Waals surface area contributed by atoms with E-state index in [0.717, 1.165) is 0 Å². The Kier molecular flexibility index (Phi) is 4.55. The molecule has 116 valence electrons. The summed E-state index contributed by atoms with van der Waals surface area (Å²) in [4.78, 5) is 48.0. The first-order valence-electron chi connectivity index (χ1n) is 6.85. The molecule has 0 aliphatic carbocycles. The van der Waals surface area contributed by atoms with E-state index < -0.39 is 17.9 Å². The van der Waals surface area contributed by atoms with Gasteiger partial charge in [0.05, 0.1) is 5.56 Å². The van der Waals surface area contributed by atoms with E-state index in [0.29, 0.717) is 12.0 Å². The molecule has 7 heteroatoms. The summed E-state index contributed by atoms with van der Waals surface area (Å²) < 4.78 is 0. The molecule has 1 heterocycles. The van der Waals surface area contributed by atoms with Gasteiger partial charge in [-0.15, -0.1) is 0 Å². The molecule has 1 atom stereocenters. The summed E-state index contributed by atoms with van der Waals surface area (Å²) in [5.74, 6) is -1.26. The van der Waals surface area contributed by atoms with Crippen LogP contribution in [0.1, 0.15) is 33.6 Å². The lowest BCUT2D eigenvalue weighted by atomic mass is 10.0. The molecule has 2 N–H and O–H groups in total. The van der Waals surface area contributed by atoms with Crippen molar-refractivity contribution in [2.75, 3.05) is 19.4 Å². The topological polar surface area (TPSA) is 95.6 Å². The number of hydrogen-bond acceptors (Lipinski definition) is 5. The van der Waals surface area contributed by atoms with Gasteiger partial charge in [-0.2, -0.15) is 0 Å².